The molecule has 3 aliphatic carbocycles. The number of allylic oxidation sites excluding steroid dienone is 4. The molecule has 1 saturated carbocycles. The van der Waals surface area contributed by atoms with E-state index in [9.17, 15) is 4.79 Å². The third kappa shape index (κ3) is 2.63. The Hall–Kier alpha value is -1.86. The van der Waals surface area contributed by atoms with Gasteiger partial charge in [0, 0.05) is 17.0 Å². The maximum atomic E-state index is 13.4. The molecule has 0 radical (unpaired) electrons. The molecule has 1 nitrogen and oxygen atoms in total. The van der Waals surface area contributed by atoms with Crippen molar-refractivity contribution in [2.75, 3.05) is 0 Å². The highest BCUT2D eigenvalue weighted by atomic mass is 35.5. The maximum absolute atomic E-state index is 13.4. The van der Waals surface area contributed by atoms with E-state index in [1.165, 1.54) is 42.4 Å². The molecule has 27 heavy (non-hydrogen) atoms. The lowest BCUT2D eigenvalue weighted by molar-refractivity contribution is 0.0985. The summed E-state index contributed by atoms with van der Waals surface area (Å²) in [4.78, 5) is 13.4. The molecule has 1 fully saturated rings. The van der Waals surface area contributed by atoms with Crippen LogP contribution in [-0.2, 0) is 0 Å². The van der Waals surface area contributed by atoms with Gasteiger partial charge in [-0.25, -0.2) is 0 Å². The Morgan fingerprint density at radius 3 is 2.67 bits per heavy atom. The molecule has 0 spiro atoms. The Morgan fingerprint density at radius 2 is 1.89 bits per heavy atom. The zero-order valence-corrected chi connectivity index (χ0v) is 16.8. The molecule has 0 unspecified atom stereocenters. The summed E-state index contributed by atoms with van der Waals surface area (Å²) < 4.78 is 0. The zero-order valence-electron chi connectivity index (χ0n) is 16.1. The molecular formula is C25H25ClO. The van der Waals surface area contributed by atoms with Crippen LogP contribution in [0.15, 0.2) is 42.0 Å². The molecule has 3 aliphatic rings. The maximum Gasteiger partial charge on any atom is 0.168 e. The van der Waals surface area contributed by atoms with Gasteiger partial charge in [-0.2, -0.15) is 0 Å². The van der Waals surface area contributed by atoms with E-state index in [0.717, 1.165) is 33.3 Å². The summed E-state index contributed by atoms with van der Waals surface area (Å²) in [6.45, 7) is 4.52. The van der Waals surface area contributed by atoms with Crippen LogP contribution < -0.4 is 0 Å². The van der Waals surface area contributed by atoms with Gasteiger partial charge in [-0.05, 0) is 75.8 Å². The van der Waals surface area contributed by atoms with Gasteiger partial charge in [-0.1, -0.05) is 62.6 Å². The van der Waals surface area contributed by atoms with E-state index in [0.29, 0.717) is 12.3 Å². The van der Waals surface area contributed by atoms with Crippen molar-refractivity contribution in [3.63, 3.8) is 0 Å². The van der Waals surface area contributed by atoms with Crippen LogP contribution in [0.5, 0.6) is 0 Å². The summed E-state index contributed by atoms with van der Waals surface area (Å²) in [6.07, 6.45) is 11.0. The highest BCUT2D eigenvalue weighted by Crippen LogP contribution is 2.49. The number of rotatable bonds is 1. The van der Waals surface area contributed by atoms with E-state index in [2.05, 4.69) is 44.2 Å². The lowest BCUT2D eigenvalue weighted by Gasteiger charge is -2.36. The Kier molecular flexibility index (Phi) is 3.88. The number of carbonyl (C=O) groups excluding carboxylic acids is 1. The summed E-state index contributed by atoms with van der Waals surface area (Å²) in [6, 6.07) is 8.45. The Bertz CT molecular complexity index is 1030. The van der Waals surface area contributed by atoms with Gasteiger partial charge in [0.1, 0.15) is 0 Å². The lowest BCUT2D eigenvalue weighted by Crippen LogP contribution is -2.25. The summed E-state index contributed by atoms with van der Waals surface area (Å²) in [5.41, 5.74) is 5.99. The molecule has 0 atom stereocenters. The van der Waals surface area contributed by atoms with Crippen LogP contribution in [-0.4, -0.2) is 5.78 Å². The monoisotopic (exact) mass is 376 g/mol. The minimum atomic E-state index is 0.0562. The Morgan fingerprint density at radius 1 is 1.11 bits per heavy atom. The molecule has 5 rings (SSSR count). The van der Waals surface area contributed by atoms with Crippen molar-refractivity contribution >= 4 is 33.7 Å². The standard InChI is InChI=1S/C25H25ClO/c1-25(2)11-5-8-18-19-10-9-16-12-17(26)13-20(15-6-3-4-7-15)23(16)24(19)22(27)14-21(18)25/h5,8-10,12-13,15H,3-4,6-7,11,14H2,1-2H3. The fraction of sp³-hybridized carbons (Fsp3) is 0.400. The number of carbonyl (C=O) groups is 1. The molecule has 2 heteroatoms. The first-order valence-corrected chi connectivity index (χ1v) is 10.5. The van der Waals surface area contributed by atoms with Crippen molar-refractivity contribution in [2.24, 2.45) is 5.41 Å². The molecule has 0 aromatic heterocycles. The highest BCUT2D eigenvalue weighted by Gasteiger charge is 2.36. The number of Topliss-reactive ketones (excluding diaryl/α,β-unsaturated/α-hetero) is 1. The molecule has 0 heterocycles. The van der Waals surface area contributed by atoms with E-state index < -0.39 is 0 Å². The Balaban J connectivity index is 1.83. The van der Waals surface area contributed by atoms with Gasteiger partial charge in [0.15, 0.2) is 5.78 Å². The normalized spacial score (nSPS) is 21.7. The van der Waals surface area contributed by atoms with Gasteiger partial charge in [-0.3, -0.25) is 4.79 Å². The first-order valence-electron chi connectivity index (χ1n) is 10.2. The van der Waals surface area contributed by atoms with E-state index in [1.807, 2.05) is 6.07 Å². The third-order valence-electron chi connectivity index (χ3n) is 6.87. The molecule has 0 saturated heterocycles. The average molecular weight is 377 g/mol. The third-order valence-corrected chi connectivity index (χ3v) is 7.09. The van der Waals surface area contributed by atoms with Crippen molar-refractivity contribution in [1.82, 2.24) is 0 Å². The van der Waals surface area contributed by atoms with E-state index in [-0.39, 0.29) is 11.2 Å². The van der Waals surface area contributed by atoms with Crippen molar-refractivity contribution in [1.29, 1.82) is 0 Å². The summed E-state index contributed by atoms with van der Waals surface area (Å²) in [5.74, 6) is 0.804. The summed E-state index contributed by atoms with van der Waals surface area (Å²) in [7, 11) is 0. The molecular weight excluding hydrogens is 352 g/mol. The second-order valence-electron chi connectivity index (χ2n) is 9.05. The fourth-order valence-electron chi connectivity index (χ4n) is 5.43. The minimum Gasteiger partial charge on any atom is -0.294 e. The number of benzene rings is 2. The van der Waals surface area contributed by atoms with Gasteiger partial charge in [0.05, 0.1) is 0 Å². The molecule has 2 aromatic carbocycles. The highest BCUT2D eigenvalue weighted by molar-refractivity contribution is 6.32. The fourth-order valence-corrected chi connectivity index (χ4v) is 5.66. The second kappa shape index (κ2) is 6.07. The number of hydrogen-bond donors (Lipinski definition) is 0. The van der Waals surface area contributed by atoms with Gasteiger partial charge in [-0.15, -0.1) is 0 Å². The largest absolute Gasteiger partial charge is 0.294 e. The quantitative estimate of drug-likeness (QED) is 0.504. The molecule has 2 aromatic rings. The van der Waals surface area contributed by atoms with E-state index in [1.54, 1.807) is 0 Å². The van der Waals surface area contributed by atoms with Crippen LogP contribution in [0.3, 0.4) is 0 Å². The van der Waals surface area contributed by atoms with Crippen LogP contribution in [0.1, 0.15) is 79.8 Å². The van der Waals surface area contributed by atoms with Gasteiger partial charge in [0.25, 0.3) is 0 Å². The van der Waals surface area contributed by atoms with Gasteiger partial charge >= 0.3 is 0 Å². The van der Waals surface area contributed by atoms with Crippen LogP contribution in [0.4, 0.5) is 0 Å². The van der Waals surface area contributed by atoms with Crippen molar-refractivity contribution in [2.45, 2.75) is 58.3 Å². The Labute approximate surface area is 166 Å². The number of hydrogen-bond acceptors (Lipinski definition) is 1. The molecule has 0 amide bonds. The number of halogens is 1. The molecule has 0 bridgehead atoms. The first kappa shape index (κ1) is 17.3. The average Bonchev–Trinajstić information content (AvgIpc) is 3.15. The zero-order chi connectivity index (χ0) is 18.8. The van der Waals surface area contributed by atoms with Crippen LogP contribution in [0.25, 0.3) is 16.3 Å². The number of fused-ring (bicyclic) bond motifs is 4. The topological polar surface area (TPSA) is 17.1 Å². The predicted molar refractivity (Wildman–Crippen MR) is 114 cm³/mol. The second-order valence-corrected chi connectivity index (χ2v) is 9.48. The van der Waals surface area contributed by atoms with Crippen molar-refractivity contribution < 1.29 is 4.79 Å². The lowest BCUT2D eigenvalue weighted by atomic mass is 9.68. The predicted octanol–water partition coefficient (Wildman–Crippen LogP) is 7.48. The van der Waals surface area contributed by atoms with Crippen LogP contribution in [0, 0.1) is 5.41 Å². The van der Waals surface area contributed by atoms with E-state index in [4.69, 9.17) is 11.6 Å². The van der Waals surface area contributed by atoms with Crippen LogP contribution >= 0.6 is 11.6 Å². The van der Waals surface area contributed by atoms with E-state index >= 15 is 0 Å². The van der Waals surface area contributed by atoms with Crippen molar-refractivity contribution in [3.05, 3.63) is 63.7 Å². The first-order chi connectivity index (χ1) is 13.0. The number of ketones is 1. The van der Waals surface area contributed by atoms with Crippen molar-refractivity contribution in [3.8, 4) is 0 Å². The molecule has 0 aliphatic heterocycles. The van der Waals surface area contributed by atoms with Gasteiger partial charge in [0.2, 0.25) is 0 Å². The summed E-state index contributed by atoms with van der Waals surface area (Å²) in [5, 5.41) is 3.06. The van der Waals surface area contributed by atoms with Gasteiger partial charge < -0.3 is 0 Å². The molecule has 138 valence electrons. The smallest absolute Gasteiger partial charge is 0.168 e. The summed E-state index contributed by atoms with van der Waals surface area (Å²) >= 11 is 6.46. The minimum absolute atomic E-state index is 0.0562. The molecule has 0 N–H and O–H groups in total. The van der Waals surface area contributed by atoms with Crippen LogP contribution in [0.2, 0.25) is 5.02 Å². The SMILES string of the molecule is CC1(C)CC=CC2=C1CC(=O)c1c2ccc2cc(Cl)cc(C3CCCC3)c12.